The molecule has 0 amide bonds. The second-order valence-corrected chi connectivity index (χ2v) is 5.18. The van der Waals surface area contributed by atoms with Gasteiger partial charge in [-0.15, -0.1) is 23.1 Å². The van der Waals surface area contributed by atoms with Gasteiger partial charge in [0.25, 0.3) is 0 Å². The van der Waals surface area contributed by atoms with E-state index in [1.807, 2.05) is 23.6 Å². The molecule has 0 spiro atoms. The molecule has 17 heavy (non-hydrogen) atoms. The van der Waals surface area contributed by atoms with Gasteiger partial charge in [0.15, 0.2) is 0 Å². The van der Waals surface area contributed by atoms with Crippen LogP contribution in [0.3, 0.4) is 0 Å². The Morgan fingerprint density at radius 2 is 2.18 bits per heavy atom. The van der Waals surface area contributed by atoms with Crippen molar-refractivity contribution >= 4 is 29.1 Å². The van der Waals surface area contributed by atoms with Gasteiger partial charge < -0.3 is 4.74 Å². The molecule has 0 aliphatic carbocycles. The Balaban J connectivity index is 2.05. The van der Waals surface area contributed by atoms with Crippen molar-refractivity contribution in [2.45, 2.75) is 10.6 Å². The second kappa shape index (κ2) is 5.84. The van der Waals surface area contributed by atoms with Crippen LogP contribution in [-0.4, -0.2) is 18.1 Å². The van der Waals surface area contributed by atoms with Gasteiger partial charge in [0.1, 0.15) is 4.88 Å². The second-order valence-electron chi connectivity index (χ2n) is 3.25. The zero-order chi connectivity index (χ0) is 12.1. The molecule has 0 radical (unpaired) electrons. The van der Waals surface area contributed by atoms with Gasteiger partial charge in [-0.1, -0.05) is 0 Å². The zero-order valence-electron chi connectivity index (χ0n) is 9.25. The van der Waals surface area contributed by atoms with E-state index in [2.05, 4.69) is 4.98 Å². The van der Waals surface area contributed by atoms with Crippen LogP contribution in [-0.2, 0) is 10.5 Å². The minimum atomic E-state index is -0.266. The first-order chi connectivity index (χ1) is 8.31. The largest absolute Gasteiger partial charge is 0.465 e. The summed E-state index contributed by atoms with van der Waals surface area (Å²) in [6, 6.07) is 5.89. The molecule has 0 saturated heterocycles. The number of aromatic nitrogens is 1. The Morgan fingerprint density at radius 1 is 1.41 bits per heavy atom. The highest BCUT2D eigenvalue weighted by Gasteiger charge is 2.13. The van der Waals surface area contributed by atoms with Crippen LogP contribution in [0.1, 0.15) is 15.2 Å². The quantitative estimate of drug-likeness (QED) is 0.628. The molecule has 88 valence electrons. The molecule has 2 aromatic heterocycles. The molecule has 2 rings (SSSR count). The smallest absolute Gasteiger partial charge is 0.349 e. The maximum Gasteiger partial charge on any atom is 0.349 e. The number of esters is 1. The van der Waals surface area contributed by atoms with Crippen LogP contribution >= 0.6 is 23.1 Å². The van der Waals surface area contributed by atoms with Crippen molar-refractivity contribution in [3.8, 4) is 0 Å². The molecule has 0 unspecified atom stereocenters. The molecule has 0 atom stereocenters. The number of pyridine rings is 1. The lowest BCUT2D eigenvalue weighted by molar-refractivity contribution is 0.0603. The van der Waals surface area contributed by atoms with Crippen LogP contribution in [0.4, 0.5) is 0 Å². The van der Waals surface area contributed by atoms with Crippen LogP contribution in [0.2, 0.25) is 0 Å². The van der Waals surface area contributed by atoms with E-state index in [-0.39, 0.29) is 5.97 Å². The summed E-state index contributed by atoms with van der Waals surface area (Å²) in [5.74, 6) is 0.556. The lowest BCUT2D eigenvalue weighted by Crippen LogP contribution is -1.99. The average molecular weight is 265 g/mol. The number of thiophene rings is 1. The predicted molar refractivity (Wildman–Crippen MR) is 69.5 cm³/mol. The molecule has 3 nitrogen and oxygen atoms in total. The Bertz CT molecular complexity index is 496. The van der Waals surface area contributed by atoms with Crippen LogP contribution in [0, 0.1) is 0 Å². The number of rotatable bonds is 4. The van der Waals surface area contributed by atoms with Crippen molar-refractivity contribution in [2.75, 3.05) is 7.11 Å². The summed E-state index contributed by atoms with van der Waals surface area (Å²) < 4.78 is 4.74. The van der Waals surface area contributed by atoms with Crippen molar-refractivity contribution < 1.29 is 9.53 Å². The lowest BCUT2D eigenvalue weighted by Gasteiger charge is -2.02. The summed E-state index contributed by atoms with van der Waals surface area (Å²) in [4.78, 5) is 17.1. The van der Waals surface area contributed by atoms with Crippen LogP contribution < -0.4 is 0 Å². The number of hydrogen-bond donors (Lipinski definition) is 0. The Hall–Kier alpha value is -1.33. The highest BCUT2D eigenvalue weighted by molar-refractivity contribution is 7.98. The molecule has 5 heteroatoms. The fourth-order valence-corrected chi connectivity index (χ4v) is 3.30. The van der Waals surface area contributed by atoms with E-state index in [1.54, 1.807) is 24.2 Å². The molecule has 0 N–H and O–H groups in total. The number of thioether (sulfide) groups is 1. The monoisotopic (exact) mass is 265 g/mol. The van der Waals surface area contributed by atoms with Gasteiger partial charge in [-0.25, -0.2) is 4.79 Å². The SMILES string of the molecule is COC(=O)c1sccc1SCc1ccncc1. The third kappa shape index (κ3) is 3.08. The number of carbonyl (C=O) groups is 1. The first-order valence-electron chi connectivity index (χ1n) is 4.99. The molecule has 0 saturated carbocycles. The third-order valence-electron chi connectivity index (χ3n) is 2.14. The topological polar surface area (TPSA) is 39.2 Å². The van der Waals surface area contributed by atoms with Crippen LogP contribution in [0.25, 0.3) is 0 Å². The summed E-state index contributed by atoms with van der Waals surface area (Å²) in [6.07, 6.45) is 3.54. The highest BCUT2D eigenvalue weighted by atomic mass is 32.2. The minimum Gasteiger partial charge on any atom is -0.465 e. The maximum atomic E-state index is 11.5. The number of methoxy groups -OCH3 is 1. The molecule has 0 aliphatic heterocycles. The van der Waals surface area contributed by atoms with Crippen LogP contribution in [0.15, 0.2) is 40.9 Å². The van der Waals surface area contributed by atoms with Crippen molar-refractivity contribution in [1.82, 2.24) is 4.98 Å². The Labute approximate surface area is 108 Å². The van der Waals surface area contributed by atoms with Gasteiger partial charge in [-0.05, 0) is 29.1 Å². The normalized spacial score (nSPS) is 10.2. The zero-order valence-corrected chi connectivity index (χ0v) is 10.9. The summed E-state index contributed by atoms with van der Waals surface area (Å²) in [7, 11) is 1.40. The Kier molecular flexibility index (Phi) is 4.17. The number of nitrogens with zero attached hydrogens (tertiary/aromatic N) is 1. The number of hydrogen-bond acceptors (Lipinski definition) is 5. The standard InChI is InChI=1S/C12H11NO2S2/c1-15-12(14)11-10(4-7-16-11)17-8-9-2-5-13-6-3-9/h2-7H,8H2,1H3. The van der Waals surface area contributed by atoms with Gasteiger partial charge in [-0.3, -0.25) is 4.98 Å². The fraction of sp³-hybridized carbons (Fsp3) is 0.167. The molecule has 0 aromatic carbocycles. The molecular formula is C12H11NO2S2. The number of carbonyl (C=O) groups excluding carboxylic acids is 1. The summed E-state index contributed by atoms with van der Waals surface area (Å²) >= 11 is 3.04. The summed E-state index contributed by atoms with van der Waals surface area (Å²) in [5.41, 5.74) is 1.19. The molecular weight excluding hydrogens is 254 g/mol. The average Bonchev–Trinajstić information content (AvgIpc) is 2.85. The van der Waals surface area contributed by atoms with Crippen LogP contribution in [0.5, 0.6) is 0 Å². The van der Waals surface area contributed by atoms with Gasteiger partial charge in [-0.2, -0.15) is 0 Å². The molecule has 0 aliphatic rings. The van der Waals surface area contributed by atoms with Crippen molar-refractivity contribution in [3.05, 3.63) is 46.4 Å². The van der Waals surface area contributed by atoms with E-state index in [4.69, 9.17) is 4.74 Å². The van der Waals surface area contributed by atoms with Crippen molar-refractivity contribution in [1.29, 1.82) is 0 Å². The predicted octanol–water partition coefficient (Wildman–Crippen LogP) is 3.22. The fourth-order valence-electron chi connectivity index (χ4n) is 1.29. The minimum absolute atomic E-state index is 0.266. The van der Waals surface area contributed by atoms with Gasteiger partial charge >= 0.3 is 5.97 Å². The third-order valence-corrected chi connectivity index (χ3v) is 4.30. The van der Waals surface area contributed by atoms with E-state index in [0.29, 0.717) is 4.88 Å². The van der Waals surface area contributed by atoms with E-state index < -0.39 is 0 Å². The molecule has 0 bridgehead atoms. The van der Waals surface area contributed by atoms with Crippen molar-refractivity contribution in [3.63, 3.8) is 0 Å². The van der Waals surface area contributed by atoms with E-state index in [1.165, 1.54) is 24.0 Å². The summed E-state index contributed by atoms with van der Waals surface area (Å²) in [6.45, 7) is 0. The molecule has 2 aromatic rings. The van der Waals surface area contributed by atoms with E-state index in [9.17, 15) is 4.79 Å². The van der Waals surface area contributed by atoms with Gasteiger partial charge in [0, 0.05) is 23.0 Å². The summed E-state index contributed by atoms with van der Waals surface area (Å²) in [5, 5.41) is 1.90. The van der Waals surface area contributed by atoms with E-state index in [0.717, 1.165) is 10.6 Å². The first kappa shape index (κ1) is 12.1. The van der Waals surface area contributed by atoms with Gasteiger partial charge in [0.2, 0.25) is 0 Å². The first-order valence-corrected chi connectivity index (χ1v) is 6.85. The van der Waals surface area contributed by atoms with Crippen molar-refractivity contribution in [2.24, 2.45) is 0 Å². The molecule has 2 heterocycles. The highest BCUT2D eigenvalue weighted by Crippen LogP contribution is 2.30. The maximum absolute atomic E-state index is 11.5. The van der Waals surface area contributed by atoms with Gasteiger partial charge in [0.05, 0.1) is 7.11 Å². The van der Waals surface area contributed by atoms with E-state index >= 15 is 0 Å². The Morgan fingerprint density at radius 3 is 2.88 bits per heavy atom. The number of ether oxygens (including phenoxy) is 1. The molecule has 0 fully saturated rings. The lowest BCUT2D eigenvalue weighted by atomic mass is 10.3.